The zero-order valence-electron chi connectivity index (χ0n) is 43.5. The van der Waals surface area contributed by atoms with Gasteiger partial charge in [-0.2, -0.15) is 0 Å². The number of hydrogen-bond donors (Lipinski definition) is 1. The summed E-state index contributed by atoms with van der Waals surface area (Å²) in [6, 6.07) is 85.1. The molecule has 0 fully saturated rings. The van der Waals surface area contributed by atoms with Gasteiger partial charge in [-0.05, 0) is 221 Å². The molecule has 0 aliphatic heterocycles. The van der Waals surface area contributed by atoms with Crippen molar-refractivity contribution in [2.24, 2.45) is 0 Å². The number of rotatable bonds is 6. The largest absolute Gasteiger partial charge is 0.427 e. The summed E-state index contributed by atoms with van der Waals surface area (Å²) in [5.74, 6) is 0.461. The van der Waals surface area contributed by atoms with Crippen LogP contribution in [-0.4, -0.2) is 12.3 Å². The standard InChI is InChI=1S/C36H20Br2.C31H18O.C7H5Br2NO2/c37-30-19-27-28(20-31(30)38)33(22-12-5-2-6-13-22)36-29-18-23-14-7-8-15-24(23)25-16-9-17-26(34(25)29)35(36)32(27)21-10-3-1-4-11-21;32-31-26(19-10-3-1-4-11-19)29-24-17-9-16-23-22-15-8-7-14-21(22)18-25(28(23)24)30(29)27(31)20-12-5-2-6-13-20;8-4-1-6(10)7(12-3-11)2-5(4)9/h1-20H;1-18H;1-3H,10H2. The predicted octanol–water partition coefficient (Wildman–Crippen LogP) is 21.4. The number of Topliss-reactive ketones (excluding diaryl/α,β-unsaturated/α-hetero) is 1. The van der Waals surface area contributed by atoms with Crippen molar-refractivity contribution in [2.45, 2.75) is 0 Å². The Morgan fingerprint density at radius 1 is 0.329 bits per heavy atom. The second-order valence-corrected chi connectivity index (χ2v) is 23.8. The van der Waals surface area contributed by atoms with Crippen molar-refractivity contribution in [1.29, 1.82) is 0 Å². The van der Waals surface area contributed by atoms with Gasteiger partial charge in [0.05, 0.1) is 5.69 Å². The first-order valence-electron chi connectivity index (χ1n) is 26.7. The van der Waals surface area contributed by atoms with Crippen LogP contribution in [0.25, 0.3) is 121 Å². The van der Waals surface area contributed by atoms with E-state index in [9.17, 15) is 9.59 Å². The molecule has 8 heteroatoms. The van der Waals surface area contributed by atoms with Crippen molar-refractivity contribution in [2.75, 3.05) is 5.73 Å². The number of hydrogen-bond acceptors (Lipinski definition) is 4. The lowest BCUT2D eigenvalue weighted by Crippen LogP contribution is -2.02. The topological polar surface area (TPSA) is 69.4 Å². The molecule has 0 atom stereocenters. The zero-order chi connectivity index (χ0) is 55.8. The third-order valence-corrected chi connectivity index (χ3v) is 19.6. The van der Waals surface area contributed by atoms with E-state index in [0.717, 1.165) is 56.9 Å². The van der Waals surface area contributed by atoms with Gasteiger partial charge in [0.25, 0.3) is 6.47 Å². The molecule has 4 nitrogen and oxygen atoms in total. The van der Waals surface area contributed by atoms with Crippen LogP contribution in [0.3, 0.4) is 0 Å². The number of ketones is 1. The number of anilines is 1. The fourth-order valence-electron chi connectivity index (χ4n) is 12.6. The Hall–Kier alpha value is -8.50. The van der Waals surface area contributed by atoms with Crippen molar-refractivity contribution in [3.8, 4) is 50.3 Å². The van der Waals surface area contributed by atoms with Crippen LogP contribution < -0.4 is 10.5 Å². The summed E-state index contributed by atoms with van der Waals surface area (Å²) in [5, 5.41) is 12.7. The summed E-state index contributed by atoms with van der Waals surface area (Å²) >= 11 is 14.2. The summed E-state index contributed by atoms with van der Waals surface area (Å²) in [6.45, 7) is 0.339. The van der Waals surface area contributed by atoms with Gasteiger partial charge in [-0.15, -0.1) is 0 Å². The molecular formula is C74H43Br4NO3. The highest BCUT2D eigenvalue weighted by molar-refractivity contribution is 9.13. The molecule has 13 aromatic carbocycles. The molecule has 3 aliphatic carbocycles. The van der Waals surface area contributed by atoms with E-state index in [1.807, 2.05) is 60.7 Å². The second kappa shape index (κ2) is 21.1. The molecule has 0 aromatic heterocycles. The van der Waals surface area contributed by atoms with Crippen LogP contribution in [0.15, 0.2) is 261 Å². The van der Waals surface area contributed by atoms with Gasteiger partial charge in [-0.3, -0.25) is 9.59 Å². The first-order valence-corrected chi connectivity index (χ1v) is 29.8. The molecule has 3 aliphatic rings. The van der Waals surface area contributed by atoms with E-state index < -0.39 is 0 Å². The number of carbonyl (C=O) groups excluding carboxylic acids is 2. The highest BCUT2D eigenvalue weighted by atomic mass is 79.9. The average Bonchev–Trinajstić information content (AvgIpc) is 1.83. The van der Waals surface area contributed by atoms with E-state index >= 15 is 0 Å². The van der Waals surface area contributed by atoms with Crippen LogP contribution in [0.1, 0.15) is 22.3 Å². The van der Waals surface area contributed by atoms with Crippen LogP contribution >= 0.6 is 63.7 Å². The quantitative estimate of drug-likeness (QED) is 0.102. The molecule has 0 saturated heterocycles. The first kappa shape index (κ1) is 51.6. The molecule has 82 heavy (non-hydrogen) atoms. The number of benzene rings is 13. The van der Waals surface area contributed by atoms with E-state index in [2.05, 4.69) is 238 Å². The third-order valence-electron chi connectivity index (χ3n) is 15.9. The number of carbonyl (C=O) groups is 2. The Labute approximate surface area is 506 Å². The van der Waals surface area contributed by atoms with E-state index in [-0.39, 0.29) is 5.78 Å². The fourth-order valence-corrected chi connectivity index (χ4v) is 13.9. The number of allylic oxidation sites excluding steroid dienone is 4. The summed E-state index contributed by atoms with van der Waals surface area (Å²) < 4.78 is 8.33. The van der Waals surface area contributed by atoms with Gasteiger partial charge in [-0.1, -0.05) is 206 Å². The molecule has 16 rings (SSSR count). The van der Waals surface area contributed by atoms with E-state index in [1.54, 1.807) is 12.1 Å². The molecule has 0 spiro atoms. The minimum atomic E-state index is 0.114. The summed E-state index contributed by atoms with van der Waals surface area (Å²) in [6.07, 6.45) is 0. The van der Waals surface area contributed by atoms with Gasteiger partial charge in [0, 0.05) is 40.2 Å². The maximum atomic E-state index is 14.0. The van der Waals surface area contributed by atoms with Gasteiger partial charge in [0.2, 0.25) is 0 Å². The van der Waals surface area contributed by atoms with Gasteiger partial charge >= 0.3 is 0 Å². The Morgan fingerprint density at radius 2 is 0.720 bits per heavy atom. The molecule has 0 unspecified atom stereocenters. The smallest absolute Gasteiger partial charge is 0.298 e. The molecule has 0 bridgehead atoms. The molecule has 0 heterocycles. The molecule has 390 valence electrons. The van der Waals surface area contributed by atoms with Gasteiger partial charge in [0.15, 0.2) is 11.5 Å². The molecular weight excluding hydrogens is 1270 g/mol. The number of halogens is 4. The summed E-state index contributed by atoms with van der Waals surface area (Å²) in [7, 11) is 0. The highest BCUT2D eigenvalue weighted by Gasteiger charge is 2.40. The molecule has 0 saturated carbocycles. The number of fused-ring (bicyclic) bond motifs is 11. The Bertz CT molecular complexity index is 4900. The van der Waals surface area contributed by atoms with Crippen LogP contribution in [0, 0.1) is 0 Å². The predicted molar refractivity (Wildman–Crippen MR) is 356 cm³/mol. The van der Waals surface area contributed by atoms with Crippen molar-refractivity contribution in [3.05, 3.63) is 283 Å². The second-order valence-electron chi connectivity index (χ2n) is 20.4. The maximum Gasteiger partial charge on any atom is 0.298 e. The maximum absolute atomic E-state index is 14.0. The van der Waals surface area contributed by atoms with E-state index in [1.165, 1.54) is 104 Å². The zero-order valence-corrected chi connectivity index (χ0v) is 49.8. The molecule has 13 aromatic rings. The van der Waals surface area contributed by atoms with Crippen molar-refractivity contribution < 1.29 is 14.3 Å². The van der Waals surface area contributed by atoms with Crippen LogP contribution in [0.5, 0.6) is 5.75 Å². The minimum Gasteiger partial charge on any atom is -0.427 e. The number of nitrogen functional groups attached to an aromatic ring is 1. The van der Waals surface area contributed by atoms with Gasteiger partial charge < -0.3 is 10.5 Å². The summed E-state index contributed by atoms with van der Waals surface area (Å²) in [4.78, 5) is 24.0. The monoisotopic (exact) mass is 1310 g/mol. The summed E-state index contributed by atoms with van der Waals surface area (Å²) in [5.41, 5.74) is 24.4. The van der Waals surface area contributed by atoms with E-state index in [4.69, 9.17) is 5.73 Å². The Kier molecular flexibility index (Phi) is 13.3. The van der Waals surface area contributed by atoms with Crippen molar-refractivity contribution in [1.82, 2.24) is 0 Å². The number of ether oxygens (including phenoxy) is 1. The lowest BCUT2D eigenvalue weighted by molar-refractivity contribution is -0.120. The SMILES string of the molecule is Brc1cc2c(-c3ccccc3)c3c(c(-c4ccccc4)c2cc1Br)-c1cc2ccccc2c2cccc-3c12.Nc1cc(Br)c(Br)cc1OC=O.O=C1C(c2ccccc2)=C2C(=C1c1ccccc1)c1cc3ccccc3c3cccc2c13. The van der Waals surface area contributed by atoms with Crippen molar-refractivity contribution >= 4 is 158 Å². The lowest BCUT2D eigenvalue weighted by Gasteiger charge is -2.21. The van der Waals surface area contributed by atoms with Crippen LogP contribution in [-0.2, 0) is 9.59 Å². The average molecular weight is 1310 g/mol. The molecule has 2 N–H and O–H groups in total. The Balaban J connectivity index is 0.000000124. The van der Waals surface area contributed by atoms with Crippen LogP contribution in [0.2, 0.25) is 0 Å². The van der Waals surface area contributed by atoms with Crippen molar-refractivity contribution in [3.63, 3.8) is 0 Å². The third kappa shape index (κ3) is 8.50. The van der Waals surface area contributed by atoms with Gasteiger partial charge in [-0.25, -0.2) is 0 Å². The lowest BCUT2D eigenvalue weighted by atomic mass is 9.82. The van der Waals surface area contributed by atoms with Crippen LogP contribution in [0.4, 0.5) is 5.69 Å². The van der Waals surface area contributed by atoms with Gasteiger partial charge in [0.1, 0.15) is 0 Å². The normalized spacial score (nSPS) is 12.7. The first-order chi connectivity index (χ1) is 40.2. The fraction of sp³-hybridized carbons (Fsp3) is 0. The molecule has 0 amide bonds. The molecule has 0 radical (unpaired) electrons. The number of nitrogens with two attached hydrogens (primary N) is 1. The minimum absolute atomic E-state index is 0.114. The Morgan fingerprint density at radius 3 is 1.23 bits per heavy atom. The van der Waals surface area contributed by atoms with E-state index in [0.29, 0.717) is 17.9 Å². The highest BCUT2D eigenvalue weighted by Crippen LogP contribution is 2.60.